The first-order valence-corrected chi connectivity index (χ1v) is 4.04. The molecule has 0 atom stereocenters. The van der Waals surface area contributed by atoms with Gasteiger partial charge in [-0.1, -0.05) is 11.6 Å². The predicted octanol–water partition coefficient (Wildman–Crippen LogP) is 1.01. The molecule has 0 aliphatic carbocycles. The van der Waals surface area contributed by atoms with Crippen LogP contribution in [0.25, 0.3) is 0 Å². The van der Waals surface area contributed by atoms with Crippen molar-refractivity contribution in [3.05, 3.63) is 11.6 Å². The topological polar surface area (TPSA) is 26.0 Å². The second-order valence-electron chi connectivity index (χ2n) is 1.90. The summed E-state index contributed by atoms with van der Waals surface area (Å²) in [4.78, 5) is 0. The number of hydrogen-bond acceptors (Lipinski definition) is 2. The summed E-state index contributed by atoms with van der Waals surface area (Å²) in [6.45, 7) is 0.718. The molecule has 0 aromatic carbocycles. The minimum absolute atomic E-state index is 0.718. The Morgan fingerprint density at radius 3 is 3.12 bits per heavy atom. The zero-order valence-corrected chi connectivity index (χ0v) is 5.71. The smallest absolute Gasteiger partial charge is 0.0144 e. The summed E-state index contributed by atoms with van der Waals surface area (Å²) < 4.78 is 0. The molecule has 0 spiro atoms. The lowest BCUT2D eigenvalue weighted by atomic mass is 10.2. The highest BCUT2D eigenvalue weighted by Crippen LogP contribution is 2.21. The number of thioether (sulfide) groups is 1. The van der Waals surface area contributed by atoms with Crippen molar-refractivity contribution in [2.45, 2.75) is 6.42 Å². The molecule has 0 saturated carbocycles. The predicted molar refractivity (Wildman–Crippen MR) is 39.1 cm³/mol. The standard InChI is InChI=1S/C6H11NS/c7-3-1-6-2-4-8-5-6/h1H,2-5,7H2. The Balaban J connectivity index is 2.33. The van der Waals surface area contributed by atoms with Crippen LogP contribution in [-0.4, -0.2) is 18.1 Å². The van der Waals surface area contributed by atoms with Crippen molar-refractivity contribution in [3.63, 3.8) is 0 Å². The normalized spacial score (nSPS) is 24.9. The van der Waals surface area contributed by atoms with E-state index < -0.39 is 0 Å². The van der Waals surface area contributed by atoms with Gasteiger partial charge in [0.15, 0.2) is 0 Å². The third-order valence-corrected chi connectivity index (χ3v) is 2.33. The van der Waals surface area contributed by atoms with Gasteiger partial charge in [-0.25, -0.2) is 0 Å². The molecule has 1 heterocycles. The van der Waals surface area contributed by atoms with Crippen LogP contribution in [0.2, 0.25) is 0 Å². The van der Waals surface area contributed by atoms with E-state index in [1.165, 1.54) is 23.5 Å². The van der Waals surface area contributed by atoms with Gasteiger partial charge in [0.2, 0.25) is 0 Å². The Morgan fingerprint density at radius 1 is 1.75 bits per heavy atom. The van der Waals surface area contributed by atoms with Gasteiger partial charge < -0.3 is 5.73 Å². The molecule has 8 heavy (non-hydrogen) atoms. The summed E-state index contributed by atoms with van der Waals surface area (Å²) in [5.74, 6) is 2.52. The minimum Gasteiger partial charge on any atom is -0.327 e. The van der Waals surface area contributed by atoms with Crippen molar-refractivity contribution in [1.82, 2.24) is 0 Å². The maximum atomic E-state index is 5.32. The molecule has 0 radical (unpaired) electrons. The lowest BCUT2D eigenvalue weighted by Gasteiger charge is -1.88. The quantitative estimate of drug-likeness (QED) is 0.535. The Bertz CT molecular complexity index is 90.7. The average Bonchev–Trinajstić information content (AvgIpc) is 2.19. The summed E-state index contributed by atoms with van der Waals surface area (Å²) in [5, 5.41) is 0. The number of nitrogens with two attached hydrogens (primary N) is 1. The molecule has 0 unspecified atom stereocenters. The van der Waals surface area contributed by atoms with Crippen LogP contribution < -0.4 is 5.73 Å². The van der Waals surface area contributed by atoms with E-state index in [0.717, 1.165) is 6.54 Å². The van der Waals surface area contributed by atoms with Gasteiger partial charge in [0.05, 0.1) is 0 Å². The van der Waals surface area contributed by atoms with Gasteiger partial charge in [-0.3, -0.25) is 0 Å². The molecule has 46 valence electrons. The largest absolute Gasteiger partial charge is 0.327 e. The van der Waals surface area contributed by atoms with Crippen LogP contribution in [0.4, 0.5) is 0 Å². The summed E-state index contributed by atoms with van der Waals surface area (Å²) in [7, 11) is 0. The van der Waals surface area contributed by atoms with Crippen LogP contribution in [0.1, 0.15) is 6.42 Å². The molecule has 1 rings (SSSR count). The molecular weight excluding hydrogens is 118 g/mol. The van der Waals surface area contributed by atoms with Gasteiger partial charge in [0.25, 0.3) is 0 Å². The van der Waals surface area contributed by atoms with E-state index in [-0.39, 0.29) is 0 Å². The molecule has 0 amide bonds. The van der Waals surface area contributed by atoms with Gasteiger partial charge >= 0.3 is 0 Å². The second-order valence-corrected chi connectivity index (χ2v) is 3.01. The summed E-state index contributed by atoms with van der Waals surface area (Å²) in [5.41, 5.74) is 6.86. The molecule has 0 bridgehead atoms. The first-order valence-electron chi connectivity index (χ1n) is 2.89. The highest BCUT2D eigenvalue weighted by molar-refractivity contribution is 7.99. The maximum Gasteiger partial charge on any atom is 0.0144 e. The van der Waals surface area contributed by atoms with Crippen LogP contribution in [0, 0.1) is 0 Å². The van der Waals surface area contributed by atoms with Gasteiger partial charge in [-0.15, -0.1) is 0 Å². The van der Waals surface area contributed by atoms with Crippen LogP contribution in [-0.2, 0) is 0 Å². The highest BCUT2D eigenvalue weighted by atomic mass is 32.2. The Hall–Kier alpha value is 0.0500. The monoisotopic (exact) mass is 129 g/mol. The van der Waals surface area contributed by atoms with Crippen LogP contribution in [0.3, 0.4) is 0 Å². The molecule has 1 nitrogen and oxygen atoms in total. The molecule has 0 aromatic rings. The van der Waals surface area contributed by atoms with Crippen molar-refractivity contribution < 1.29 is 0 Å². The van der Waals surface area contributed by atoms with E-state index in [4.69, 9.17) is 5.73 Å². The van der Waals surface area contributed by atoms with E-state index in [1.54, 1.807) is 0 Å². The van der Waals surface area contributed by atoms with Gasteiger partial charge in [0, 0.05) is 12.3 Å². The van der Waals surface area contributed by atoms with E-state index in [1.807, 2.05) is 11.8 Å². The molecule has 1 saturated heterocycles. The Kier molecular flexibility index (Phi) is 2.43. The first kappa shape index (κ1) is 6.17. The van der Waals surface area contributed by atoms with E-state index in [0.29, 0.717) is 0 Å². The van der Waals surface area contributed by atoms with E-state index in [9.17, 15) is 0 Å². The highest BCUT2D eigenvalue weighted by Gasteiger charge is 2.04. The third-order valence-electron chi connectivity index (χ3n) is 1.26. The van der Waals surface area contributed by atoms with Crippen molar-refractivity contribution in [3.8, 4) is 0 Å². The summed E-state index contributed by atoms with van der Waals surface area (Å²) in [6, 6.07) is 0. The zero-order chi connectivity index (χ0) is 5.82. The molecule has 0 aromatic heterocycles. The second kappa shape index (κ2) is 3.15. The summed E-state index contributed by atoms with van der Waals surface area (Å²) >= 11 is 2.00. The first-order chi connectivity index (χ1) is 3.93. The van der Waals surface area contributed by atoms with E-state index in [2.05, 4.69) is 6.08 Å². The average molecular weight is 129 g/mol. The number of hydrogen-bond donors (Lipinski definition) is 1. The zero-order valence-electron chi connectivity index (χ0n) is 4.89. The third kappa shape index (κ3) is 1.53. The van der Waals surface area contributed by atoms with Crippen molar-refractivity contribution in [2.75, 3.05) is 18.1 Å². The lowest BCUT2D eigenvalue weighted by molar-refractivity contribution is 1.12. The van der Waals surface area contributed by atoms with Crippen LogP contribution in [0.5, 0.6) is 0 Å². The van der Waals surface area contributed by atoms with Crippen molar-refractivity contribution in [1.29, 1.82) is 0 Å². The molecule has 1 fully saturated rings. The maximum absolute atomic E-state index is 5.32. The van der Waals surface area contributed by atoms with Crippen LogP contribution >= 0.6 is 11.8 Å². The fourth-order valence-electron chi connectivity index (χ4n) is 0.806. The summed E-state index contributed by atoms with van der Waals surface area (Å²) in [6.07, 6.45) is 3.40. The van der Waals surface area contributed by atoms with Gasteiger partial charge in [-0.05, 0) is 12.2 Å². The van der Waals surface area contributed by atoms with Crippen LogP contribution in [0.15, 0.2) is 11.6 Å². The molecular formula is C6H11NS. The minimum atomic E-state index is 0.718. The van der Waals surface area contributed by atoms with Gasteiger partial charge in [0.1, 0.15) is 0 Å². The Morgan fingerprint density at radius 2 is 2.62 bits per heavy atom. The molecule has 2 heteroatoms. The van der Waals surface area contributed by atoms with E-state index >= 15 is 0 Å². The fraction of sp³-hybridized carbons (Fsp3) is 0.667. The van der Waals surface area contributed by atoms with Crippen molar-refractivity contribution in [2.24, 2.45) is 5.73 Å². The molecule has 1 aliphatic heterocycles. The van der Waals surface area contributed by atoms with Crippen molar-refractivity contribution >= 4 is 11.8 Å². The SMILES string of the molecule is NCC=C1CCSC1. The van der Waals surface area contributed by atoms with Gasteiger partial charge in [-0.2, -0.15) is 11.8 Å². The Labute approximate surface area is 54.3 Å². The fourth-order valence-corrected chi connectivity index (χ4v) is 1.88. The lowest BCUT2D eigenvalue weighted by Crippen LogP contribution is -1.95. The molecule has 1 aliphatic rings. The molecule has 2 N–H and O–H groups in total. The number of rotatable bonds is 1.